The van der Waals surface area contributed by atoms with Crippen LogP contribution < -0.4 is 10.5 Å². The fraction of sp³-hybridized carbons (Fsp3) is 0.294. The molecular weight excluding hydrogens is 394 g/mol. The van der Waals surface area contributed by atoms with Gasteiger partial charge < -0.3 is 10.5 Å². The molecule has 0 radical (unpaired) electrons. The fourth-order valence-corrected chi connectivity index (χ4v) is 3.35. The van der Waals surface area contributed by atoms with Gasteiger partial charge in [-0.25, -0.2) is 0 Å². The van der Waals surface area contributed by atoms with Crippen molar-refractivity contribution in [2.24, 2.45) is 5.73 Å². The zero-order valence-electron chi connectivity index (χ0n) is 12.2. The van der Waals surface area contributed by atoms with Crippen LogP contribution >= 0.6 is 31.9 Å². The van der Waals surface area contributed by atoms with Gasteiger partial charge in [-0.2, -0.15) is 0 Å². The van der Waals surface area contributed by atoms with E-state index in [4.69, 9.17) is 10.5 Å². The van der Waals surface area contributed by atoms with Crippen LogP contribution in [0.15, 0.2) is 45.3 Å². The van der Waals surface area contributed by atoms with Gasteiger partial charge in [-0.1, -0.05) is 44.0 Å². The first-order valence-corrected chi connectivity index (χ1v) is 8.46. The van der Waals surface area contributed by atoms with Crippen LogP contribution in [0.25, 0.3) is 0 Å². The Hall–Kier alpha value is -0.840. The molecule has 0 aromatic heterocycles. The van der Waals surface area contributed by atoms with Crippen LogP contribution in [0.1, 0.15) is 23.6 Å². The van der Waals surface area contributed by atoms with Gasteiger partial charge in [0.05, 0.1) is 0 Å². The molecule has 21 heavy (non-hydrogen) atoms. The average Bonchev–Trinajstić information content (AvgIpc) is 2.36. The Balaban J connectivity index is 2.22. The number of rotatable bonds is 5. The summed E-state index contributed by atoms with van der Waals surface area (Å²) in [4.78, 5) is 0. The van der Waals surface area contributed by atoms with E-state index in [0.717, 1.165) is 37.8 Å². The first-order chi connectivity index (χ1) is 9.95. The maximum Gasteiger partial charge on any atom is 0.126 e. The van der Waals surface area contributed by atoms with E-state index in [1.54, 1.807) is 0 Å². The van der Waals surface area contributed by atoms with Crippen LogP contribution in [0.5, 0.6) is 5.75 Å². The summed E-state index contributed by atoms with van der Waals surface area (Å²) >= 11 is 7.02. The number of hydrogen-bond donors (Lipinski definition) is 1. The summed E-state index contributed by atoms with van der Waals surface area (Å²) in [5.41, 5.74) is 9.35. The monoisotopic (exact) mass is 411 g/mol. The van der Waals surface area contributed by atoms with Crippen LogP contribution in [0.3, 0.4) is 0 Å². The molecular formula is C17H19Br2NO. The molecule has 0 aliphatic carbocycles. The minimum Gasteiger partial charge on any atom is -0.488 e. The molecule has 0 amide bonds. The summed E-state index contributed by atoms with van der Waals surface area (Å²) in [7, 11) is 0. The van der Waals surface area contributed by atoms with E-state index in [9.17, 15) is 0 Å². The van der Waals surface area contributed by atoms with Crippen molar-refractivity contribution in [1.29, 1.82) is 0 Å². The molecule has 1 atom stereocenters. The van der Waals surface area contributed by atoms with Crippen molar-refractivity contribution >= 4 is 31.9 Å². The maximum atomic E-state index is 6.07. The summed E-state index contributed by atoms with van der Waals surface area (Å²) in [5, 5.41) is 0. The Morgan fingerprint density at radius 1 is 1.14 bits per heavy atom. The van der Waals surface area contributed by atoms with E-state index in [0.29, 0.717) is 6.61 Å². The molecule has 2 N–H and O–H groups in total. The Labute approximate surface area is 143 Å². The van der Waals surface area contributed by atoms with Gasteiger partial charge in [0.25, 0.3) is 0 Å². The smallest absolute Gasteiger partial charge is 0.126 e. The maximum absolute atomic E-state index is 6.07. The second-order valence-electron chi connectivity index (χ2n) is 5.31. The highest BCUT2D eigenvalue weighted by molar-refractivity contribution is 9.10. The number of halogens is 2. The van der Waals surface area contributed by atoms with Crippen molar-refractivity contribution in [3.8, 4) is 5.75 Å². The summed E-state index contributed by atoms with van der Waals surface area (Å²) in [6.07, 6.45) is 0.800. The topological polar surface area (TPSA) is 35.2 Å². The molecule has 2 rings (SSSR count). The van der Waals surface area contributed by atoms with E-state index < -0.39 is 0 Å². The van der Waals surface area contributed by atoms with Crippen LogP contribution in [0.2, 0.25) is 0 Å². The summed E-state index contributed by atoms with van der Waals surface area (Å²) in [6, 6.07) is 12.4. The van der Waals surface area contributed by atoms with Gasteiger partial charge in [0, 0.05) is 15.0 Å². The Morgan fingerprint density at radius 3 is 2.57 bits per heavy atom. The van der Waals surface area contributed by atoms with E-state index in [-0.39, 0.29) is 6.04 Å². The van der Waals surface area contributed by atoms with Crippen molar-refractivity contribution in [3.05, 3.63) is 62.0 Å². The molecule has 4 heteroatoms. The lowest BCUT2D eigenvalue weighted by atomic mass is 10.0. The number of nitrogens with two attached hydrogens (primary N) is 1. The molecule has 0 bridgehead atoms. The van der Waals surface area contributed by atoms with E-state index in [1.165, 1.54) is 0 Å². The molecule has 112 valence electrons. The third-order valence-corrected chi connectivity index (χ3v) is 4.08. The molecule has 1 unspecified atom stereocenters. The van der Waals surface area contributed by atoms with Crippen LogP contribution in [0.4, 0.5) is 0 Å². The predicted molar refractivity (Wildman–Crippen MR) is 94.7 cm³/mol. The van der Waals surface area contributed by atoms with Crippen molar-refractivity contribution < 1.29 is 4.74 Å². The van der Waals surface area contributed by atoms with Gasteiger partial charge in [0.1, 0.15) is 12.4 Å². The number of benzene rings is 2. The predicted octanol–water partition coefficient (Wildman–Crippen LogP) is 4.99. The Kier molecular flexibility index (Phi) is 5.85. The van der Waals surface area contributed by atoms with Crippen molar-refractivity contribution in [2.45, 2.75) is 32.9 Å². The highest BCUT2D eigenvalue weighted by Crippen LogP contribution is 2.30. The zero-order valence-corrected chi connectivity index (χ0v) is 15.4. The normalized spacial score (nSPS) is 12.2. The number of ether oxygens (including phenoxy) is 1. The fourth-order valence-electron chi connectivity index (χ4n) is 2.29. The lowest BCUT2D eigenvalue weighted by molar-refractivity contribution is 0.300. The highest BCUT2D eigenvalue weighted by Gasteiger charge is 2.11. The van der Waals surface area contributed by atoms with Crippen LogP contribution in [-0.4, -0.2) is 6.04 Å². The van der Waals surface area contributed by atoms with Crippen LogP contribution in [-0.2, 0) is 13.0 Å². The Morgan fingerprint density at radius 2 is 1.90 bits per heavy atom. The summed E-state index contributed by atoms with van der Waals surface area (Å²) in [5.74, 6) is 0.940. The number of hydrogen-bond acceptors (Lipinski definition) is 2. The third-order valence-electron chi connectivity index (χ3n) is 3.13. The lowest BCUT2D eigenvalue weighted by Crippen LogP contribution is -2.18. The van der Waals surface area contributed by atoms with Gasteiger partial charge in [-0.3, -0.25) is 0 Å². The standard InChI is InChI=1S/C17H19Br2NO/c1-11-6-16(19)9-14(7-12(2)20)17(11)21-10-13-4-3-5-15(18)8-13/h3-6,8-9,12H,7,10,20H2,1-2H3. The van der Waals surface area contributed by atoms with E-state index >= 15 is 0 Å². The third kappa shape index (κ3) is 4.83. The largest absolute Gasteiger partial charge is 0.488 e. The molecule has 0 saturated heterocycles. The molecule has 0 heterocycles. The second-order valence-corrected chi connectivity index (χ2v) is 7.14. The summed E-state index contributed by atoms with van der Waals surface area (Å²) < 4.78 is 8.19. The first-order valence-electron chi connectivity index (χ1n) is 6.87. The molecule has 0 spiro atoms. The van der Waals surface area contributed by atoms with Gasteiger partial charge in [0.15, 0.2) is 0 Å². The van der Waals surface area contributed by atoms with E-state index in [1.807, 2.05) is 19.1 Å². The molecule has 0 saturated carbocycles. The van der Waals surface area contributed by atoms with Crippen molar-refractivity contribution in [2.75, 3.05) is 0 Å². The summed E-state index contributed by atoms with van der Waals surface area (Å²) in [6.45, 7) is 4.62. The van der Waals surface area contributed by atoms with Gasteiger partial charge in [0.2, 0.25) is 0 Å². The first kappa shape index (κ1) is 16.5. The molecule has 0 aliphatic rings. The zero-order chi connectivity index (χ0) is 15.4. The lowest BCUT2D eigenvalue weighted by Gasteiger charge is -2.16. The van der Waals surface area contributed by atoms with Crippen molar-refractivity contribution in [3.63, 3.8) is 0 Å². The molecule has 2 nitrogen and oxygen atoms in total. The van der Waals surface area contributed by atoms with E-state index in [2.05, 4.69) is 63.0 Å². The number of aryl methyl sites for hydroxylation is 1. The molecule has 0 fully saturated rings. The SMILES string of the molecule is Cc1cc(Br)cc(CC(C)N)c1OCc1cccc(Br)c1. The van der Waals surface area contributed by atoms with Crippen molar-refractivity contribution in [1.82, 2.24) is 0 Å². The minimum absolute atomic E-state index is 0.104. The second kappa shape index (κ2) is 7.43. The molecule has 2 aromatic carbocycles. The average molecular weight is 413 g/mol. The minimum atomic E-state index is 0.104. The van der Waals surface area contributed by atoms with Gasteiger partial charge >= 0.3 is 0 Å². The van der Waals surface area contributed by atoms with Crippen LogP contribution in [0, 0.1) is 6.92 Å². The molecule has 0 aliphatic heterocycles. The van der Waals surface area contributed by atoms with Gasteiger partial charge in [-0.15, -0.1) is 0 Å². The Bertz CT molecular complexity index is 626. The quantitative estimate of drug-likeness (QED) is 0.750. The van der Waals surface area contributed by atoms with Gasteiger partial charge in [-0.05, 0) is 61.2 Å². The highest BCUT2D eigenvalue weighted by atomic mass is 79.9. The molecule has 2 aromatic rings.